The van der Waals surface area contributed by atoms with Gasteiger partial charge < -0.3 is 10.1 Å². The monoisotopic (exact) mass is 371 g/mol. The molecule has 0 saturated carbocycles. The zero-order valence-corrected chi connectivity index (χ0v) is 15.7. The molecule has 1 heterocycles. The van der Waals surface area contributed by atoms with Crippen LogP contribution >= 0.6 is 0 Å². The highest BCUT2D eigenvalue weighted by Crippen LogP contribution is 2.30. The Hall–Kier alpha value is -2.64. The molecular formula is C19H21N3O3S. The van der Waals surface area contributed by atoms with Gasteiger partial charge in [0.25, 0.3) is 0 Å². The molecule has 2 N–H and O–H groups in total. The van der Waals surface area contributed by atoms with E-state index in [2.05, 4.69) is 15.0 Å². The van der Waals surface area contributed by atoms with Crippen molar-refractivity contribution in [2.75, 3.05) is 19.0 Å². The highest BCUT2D eigenvalue weighted by atomic mass is 32.2. The van der Waals surface area contributed by atoms with Crippen LogP contribution in [0.1, 0.15) is 12.6 Å². The lowest BCUT2D eigenvalue weighted by Gasteiger charge is -2.13. The number of ether oxygens (including phenoxy) is 1. The molecule has 6 nitrogen and oxygen atoms in total. The molecular weight excluding hydrogens is 350 g/mol. The van der Waals surface area contributed by atoms with Gasteiger partial charge in [0.2, 0.25) is 10.0 Å². The molecule has 3 aromatic rings. The molecule has 1 aromatic heterocycles. The van der Waals surface area contributed by atoms with Crippen molar-refractivity contribution in [3.63, 3.8) is 0 Å². The number of nitrogens with zero attached hydrogens (tertiary/aromatic N) is 1. The number of hydrogen-bond acceptors (Lipinski definition) is 5. The molecule has 0 saturated heterocycles. The van der Waals surface area contributed by atoms with Gasteiger partial charge in [-0.15, -0.1) is 0 Å². The maximum atomic E-state index is 11.8. The van der Waals surface area contributed by atoms with Gasteiger partial charge in [-0.05, 0) is 69.4 Å². The van der Waals surface area contributed by atoms with Gasteiger partial charge in [0.1, 0.15) is 5.75 Å². The van der Waals surface area contributed by atoms with E-state index in [1.54, 1.807) is 24.3 Å². The van der Waals surface area contributed by atoms with Gasteiger partial charge in [0, 0.05) is 22.5 Å². The lowest BCUT2D eigenvalue weighted by atomic mass is 10.1. The van der Waals surface area contributed by atoms with Crippen LogP contribution in [0.15, 0.2) is 53.4 Å². The Kier molecular flexibility index (Phi) is 5.11. The van der Waals surface area contributed by atoms with Gasteiger partial charge in [0.05, 0.1) is 17.0 Å². The van der Waals surface area contributed by atoms with Crippen molar-refractivity contribution in [1.82, 2.24) is 9.71 Å². The minimum Gasteiger partial charge on any atom is -0.494 e. The second-order valence-corrected chi connectivity index (χ2v) is 7.67. The largest absolute Gasteiger partial charge is 0.494 e. The Morgan fingerprint density at radius 3 is 2.46 bits per heavy atom. The third kappa shape index (κ3) is 3.79. The first-order valence-electron chi connectivity index (χ1n) is 8.28. The van der Waals surface area contributed by atoms with Gasteiger partial charge in [-0.3, -0.25) is 4.98 Å². The number of fused-ring (bicyclic) bond motifs is 1. The Labute approximate surface area is 153 Å². The van der Waals surface area contributed by atoms with Crippen molar-refractivity contribution in [2.24, 2.45) is 0 Å². The number of aryl methyl sites for hydroxylation is 1. The Morgan fingerprint density at radius 1 is 1.08 bits per heavy atom. The molecule has 0 aliphatic rings. The fourth-order valence-corrected chi connectivity index (χ4v) is 3.42. The van der Waals surface area contributed by atoms with E-state index in [1.807, 2.05) is 38.1 Å². The molecule has 3 rings (SSSR count). The minimum atomic E-state index is -3.45. The zero-order valence-electron chi connectivity index (χ0n) is 14.9. The summed E-state index contributed by atoms with van der Waals surface area (Å²) in [7, 11) is -2.05. The summed E-state index contributed by atoms with van der Waals surface area (Å²) in [5, 5.41) is 4.28. The highest BCUT2D eigenvalue weighted by Gasteiger charge is 2.11. The molecule has 0 amide bonds. The predicted molar refractivity (Wildman–Crippen MR) is 104 cm³/mol. The van der Waals surface area contributed by atoms with E-state index in [1.165, 1.54) is 7.05 Å². The van der Waals surface area contributed by atoms with Crippen LogP contribution in [0.25, 0.3) is 10.9 Å². The van der Waals surface area contributed by atoms with Crippen LogP contribution in [0.2, 0.25) is 0 Å². The van der Waals surface area contributed by atoms with Crippen LogP contribution in [0.3, 0.4) is 0 Å². The van der Waals surface area contributed by atoms with Gasteiger partial charge in [-0.25, -0.2) is 13.1 Å². The number of rotatable bonds is 6. The van der Waals surface area contributed by atoms with Crippen molar-refractivity contribution in [1.29, 1.82) is 0 Å². The van der Waals surface area contributed by atoms with Crippen molar-refractivity contribution in [3.8, 4) is 5.75 Å². The number of sulfonamides is 1. The highest BCUT2D eigenvalue weighted by molar-refractivity contribution is 7.89. The Bertz CT molecular complexity index is 1030. The summed E-state index contributed by atoms with van der Waals surface area (Å²) in [5.74, 6) is 0.782. The summed E-state index contributed by atoms with van der Waals surface area (Å²) in [6.07, 6.45) is 0. The second kappa shape index (κ2) is 7.31. The molecule has 0 aliphatic heterocycles. The number of aromatic nitrogens is 1. The summed E-state index contributed by atoms with van der Waals surface area (Å²) in [6, 6.07) is 14.3. The van der Waals surface area contributed by atoms with E-state index in [0.717, 1.165) is 33.7 Å². The molecule has 7 heteroatoms. The molecule has 136 valence electrons. The van der Waals surface area contributed by atoms with Crippen LogP contribution < -0.4 is 14.8 Å². The van der Waals surface area contributed by atoms with E-state index in [4.69, 9.17) is 4.74 Å². The van der Waals surface area contributed by atoms with E-state index in [-0.39, 0.29) is 4.90 Å². The lowest BCUT2D eigenvalue weighted by molar-refractivity contribution is 0.340. The third-order valence-corrected chi connectivity index (χ3v) is 5.36. The fraction of sp³-hybridized carbons (Fsp3) is 0.211. The van der Waals surface area contributed by atoms with Crippen LogP contribution in [0.5, 0.6) is 5.75 Å². The molecule has 0 aliphatic carbocycles. The molecule has 0 unspecified atom stereocenters. The number of benzene rings is 2. The standard InChI is InChI=1S/C19H21N3O3S/c1-4-25-15-7-10-18-17(12-15)19(11-13(2)21-18)22-14-5-8-16(9-6-14)26(23,24)20-3/h5-12,20H,4H2,1-3H3,(H,21,22). The normalized spacial score (nSPS) is 11.5. The van der Waals surface area contributed by atoms with Gasteiger partial charge in [-0.1, -0.05) is 0 Å². The first kappa shape index (κ1) is 18.2. The fourth-order valence-electron chi connectivity index (χ4n) is 2.69. The van der Waals surface area contributed by atoms with Crippen LogP contribution in [-0.2, 0) is 10.0 Å². The maximum absolute atomic E-state index is 11.8. The molecule has 0 fully saturated rings. The minimum absolute atomic E-state index is 0.222. The topological polar surface area (TPSA) is 80.3 Å². The lowest BCUT2D eigenvalue weighted by Crippen LogP contribution is -2.18. The Morgan fingerprint density at radius 2 is 1.81 bits per heavy atom. The number of anilines is 2. The first-order valence-corrected chi connectivity index (χ1v) is 9.76. The molecule has 0 bridgehead atoms. The zero-order chi connectivity index (χ0) is 18.7. The molecule has 2 aromatic carbocycles. The summed E-state index contributed by atoms with van der Waals surface area (Å²) in [4.78, 5) is 4.78. The molecule has 26 heavy (non-hydrogen) atoms. The molecule has 0 atom stereocenters. The number of pyridine rings is 1. The van der Waals surface area contributed by atoms with Crippen LogP contribution in [-0.4, -0.2) is 27.1 Å². The summed E-state index contributed by atoms with van der Waals surface area (Å²) >= 11 is 0. The van der Waals surface area contributed by atoms with Crippen LogP contribution in [0.4, 0.5) is 11.4 Å². The quantitative estimate of drug-likeness (QED) is 0.692. The second-order valence-electron chi connectivity index (χ2n) is 5.78. The SMILES string of the molecule is CCOc1ccc2nc(C)cc(Nc3ccc(S(=O)(=O)NC)cc3)c2c1. The number of nitrogens with one attached hydrogen (secondary N) is 2. The summed E-state index contributed by atoms with van der Waals surface area (Å²) in [6.45, 7) is 4.47. The van der Waals surface area contributed by atoms with Crippen molar-refractivity contribution >= 4 is 32.3 Å². The smallest absolute Gasteiger partial charge is 0.240 e. The van der Waals surface area contributed by atoms with Gasteiger partial charge >= 0.3 is 0 Å². The predicted octanol–water partition coefficient (Wildman–Crippen LogP) is 3.59. The maximum Gasteiger partial charge on any atom is 0.240 e. The number of hydrogen-bond donors (Lipinski definition) is 2. The van der Waals surface area contributed by atoms with E-state index >= 15 is 0 Å². The van der Waals surface area contributed by atoms with Crippen LogP contribution in [0, 0.1) is 6.92 Å². The van der Waals surface area contributed by atoms with Gasteiger partial charge in [-0.2, -0.15) is 0 Å². The average Bonchev–Trinajstić information content (AvgIpc) is 2.63. The third-order valence-electron chi connectivity index (χ3n) is 3.93. The summed E-state index contributed by atoms with van der Waals surface area (Å²) < 4.78 is 31.6. The van der Waals surface area contributed by atoms with Crippen molar-refractivity contribution in [2.45, 2.75) is 18.7 Å². The average molecular weight is 371 g/mol. The first-order chi connectivity index (χ1) is 12.4. The summed E-state index contributed by atoms with van der Waals surface area (Å²) in [5.41, 5.74) is 3.43. The van der Waals surface area contributed by atoms with E-state index in [9.17, 15) is 8.42 Å². The van der Waals surface area contributed by atoms with Crippen molar-refractivity contribution in [3.05, 3.63) is 54.2 Å². The molecule has 0 radical (unpaired) electrons. The van der Waals surface area contributed by atoms with E-state index < -0.39 is 10.0 Å². The molecule has 0 spiro atoms. The van der Waals surface area contributed by atoms with Gasteiger partial charge in [0.15, 0.2) is 0 Å². The van der Waals surface area contributed by atoms with E-state index in [0.29, 0.717) is 6.61 Å². The Balaban J connectivity index is 1.98. The van der Waals surface area contributed by atoms with Crippen molar-refractivity contribution < 1.29 is 13.2 Å².